The summed E-state index contributed by atoms with van der Waals surface area (Å²) >= 11 is 0. The number of nitrogen functional groups attached to an aromatic ring is 1. The van der Waals surface area contributed by atoms with E-state index >= 15 is 0 Å². The number of methoxy groups -OCH3 is 1. The van der Waals surface area contributed by atoms with Crippen molar-refractivity contribution in [2.24, 2.45) is 17.8 Å². The van der Waals surface area contributed by atoms with E-state index in [0.717, 1.165) is 24.5 Å². The minimum Gasteiger partial charge on any atom is -0.495 e. The average Bonchev–Trinajstić information content (AvgIpc) is 2.94. The average molecular weight is 276 g/mol. The Labute approximate surface area is 118 Å². The number of piperidine rings is 1. The van der Waals surface area contributed by atoms with E-state index in [-0.39, 0.29) is 11.9 Å². The number of rotatable bonds is 4. The molecule has 0 aromatic heterocycles. The predicted octanol–water partition coefficient (Wildman–Crippen LogP) is 1.52. The molecule has 0 bridgehead atoms. The second-order valence-corrected chi connectivity index (χ2v) is 5.44. The van der Waals surface area contributed by atoms with Gasteiger partial charge in [-0.25, -0.2) is 0 Å². The molecule has 2 N–H and O–H groups in total. The Morgan fingerprint density at radius 2 is 2.10 bits per heavy atom. The molecule has 0 spiro atoms. The Kier molecular flexibility index (Phi) is 3.20. The number of benzene rings is 1. The molecule has 1 aliphatic heterocycles. The first-order chi connectivity index (χ1) is 9.65. The van der Waals surface area contributed by atoms with Crippen LogP contribution >= 0.6 is 0 Å². The SMILES string of the molecule is CCOC(=O)C1C2CN(c3ccc(N)cc3OC)CC21. The number of hydrogen-bond donors (Lipinski definition) is 1. The van der Waals surface area contributed by atoms with E-state index in [1.54, 1.807) is 7.11 Å². The molecule has 20 heavy (non-hydrogen) atoms. The van der Waals surface area contributed by atoms with E-state index < -0.39 is 0 Å². The van der Waals surface area contributed by atoms with Gasteiger partial charge in [0, 0.05) is 24.8 Å². The van der Waals surface area contributed by atoms with Gasteiger partial charge in [-0.2, -0.15) is 0 Å². The van der Waals surface area contributed by atoms with Crippen LogP contribution in [0, 0.1) is 17.8 Å². The molecule has 2 unspecified atom stereocenters. The van der Waals surface area contributed by atoms with Crippen molar-refractivity contribution in [2.75, 3.05) is 37.4 Å². The van der Waals surface area contributed by atoms with Gasteiger partial charge in [0.1, 0.15) is 5.75 Å². The summed E-state index contributed by atoms with van der Waals surface area (Å²) in [6.45, 7) is 4.08. The fourth-order valence-electron chi connectivity index (χ4n) is 3.27. The minimum absolute atomic E-state index is 0.0357. The lowest BCUT2D eigenvalue weighted by molar-refractivity contribution is -0.145. The number of nitrogens with two attached hydrogens (primary N) is 1. The van der Waals surface area contributed by atoms with Crippen molar-refractivity contribution >= 4 is 17.3 Å². The van der Waals surface area contributed by atoms with Crippen molar-refractivity contribution in [3.05, 3.63) is 18.2 Å². The number of nitrogens with zero attached hydrogens (tertiary/aromatic N) is 1. The van der Waals surface area contributed by atoms with Crippen LogP contribution < -0.4 is 15.4 Å². The summed E-state index contributed by atoms with van der Waals surface area (Å²) in [5.41, 5.74) is 7.52. The quantitative estimate of drug-likeness (QED) is 0.667. The number of fused-ring (bicyclic) bond motifs is 1. The number of esters is 1. The number of ether oxygens (including phenoxy) is 2. The van der Waals surface area contributed by atoms with E-state index in [4.69, 9.17) is 15.2 Å². The summed E-state index contributed by atoms with van der Waals surface area (Å²) < 4.78 is 10.5. The largest absolute Gasteiger partial charge is 0.495 e. The lowest BCUT2D eigenvalue weighted by atomic mass is 10.2. The fraction of sp³-hybridized carbons (Fsp3) is 0.533. The van der Waals surface area contributed by atoms with Crippen molar-refractivity contribution in [2.45, 2.75) is 6.92 Å². The van der Waals surface area contributed by atoms with Gasteiger partial charge in [0.2, 0.25) is 0 Å². The highest BCUT2D eigenvalue weighted by Gasteiger charge is 2.60. The van der Waals surface area contributed by atoms with E-state index in [1.807, 2.05) is 25.1 Å². The lowest BCUT2D eigenvalue weighted by Gasteiger charge is -2.24. The monoisotopic (exact) mass is 276 g/mol. The van der Waals surface area contributed by atoms with Crippen molar-refractivity contribution < 1.29 is 14.3 Å². The number of hydrogen-bond acceptors (Lipinski definition) is 5. The summed E-state index contributed by atoms with van der Waals surface area (Å²) in [5.74, 6) is 1.71. The van der Waals surface area contributed by atoms with Gasteiger partial charge < -0.3 is 20.1 Å². The van der Waals surface area contributed by atoms with Gasteiger partial charge in [-0.15, -0.1) is 0 Å². The van der Waals surface area contributed by atoms with Gasteiger partial charge in [0.05, 0.1) is 25.3 Å². The van der Waals surface area contributed by atoms with Gasteiger partial charge >= 0.3 is 5.97 Å². The molecule has 1 saturated carbocycles. The third-order valence-electron chi connectivity index (χ3n) is 4.30. The lowest BCUT2D eigenvalue weighted by Crippen LogP contribution is -2.27. The second-order valence-electron chi connectivity index (χ2n) is 5.44. The highest BCUT2D eigenvalue weighted by molar-refractivity contribution is 5.78. The highest BCUT2D eigenvalue weighted by Crippen LogP contribution is 2.54. The van der Waals surface area contributed by atoms with Crippen molar-refractivity contribution in [3.63, 3.8) is 0 Å². The molecular formula is C15H20N2O3. The van der Waals surface area contributed by atoms with E-state index in [2.05, 4.69) is 4.90 Å². The van der Waals surface area contributed by atoms with Gasteiger partial charge in [0.25, 0.3) is 0 Å². The Hall–Kier alpha value is -1.91. The molecule has 3 rings (SSSR count). The van der Waals surface area contributed by atoms with Gasteiger partial charge in [-0.05, 0) is 30.9 Å². The molecule has 1 aromatic rings. The molecule has 5 heteroatoms. The van der Waals surface area contributed by atoms with Crippen molar-refractivity contribution in [1.29, 1.82) is 0 Å². The maximum atomic E-state index is 11.7. The topological polar surface area (TPSA) is 64.8 Å². The molecule has 1 heterocycles. The highest BCUT2D eigenvalue weighted by atomic mass is 16.5. The van der Waals surface area contributed by atoms with E-state index in [1.165, 1.54) is 0 Å². The second kappa shape index (κ2) is 4.89. The van der Waals surface area contributed by atoms with Crippen molar-refractivity contribution in [3.8, 4) is 5.75 Å². The Balaban J connectivity index is 1.68. The predicted molar refractivity (Wildman–Crippen MR) is 76.7 cm³/mol. The Bertz CT molecular complexity index is 520. The van der Waals surface area contributed by atoms with Gasteiger partial charge in [0.15, 0.2) is 0 Å². The van der Waals surface area contributed by atoms with Gasteiger partial charge in [-0.3, -0.25) is 4.79 Å². The summed E-state index contributed by atoms with van der Waals surface area (Å²) in [5, 5.41) is 0. The molecule has 108 valence electrons. The van der Waals surface area contributed by atoms with Crippen LogP contribution in [0.25, 0.3) is 0 Å². The van der Waals surface area contributed by atoms with Gasteiger partial charge in [-0.1, -0.05) is 0 Å². The van der Waals surface area contributed by atoms with Crippen LogP contribution in [0.15, 0.2) is 18.2 Å². The molecule has 2 aliphatic rings. The smallest absolute Gasteiger partial charge is 0.309 e. The van der Waals surface area contributed by atoms with Crippen LogP contribution in [0.2, 0.25) is 0 Å². The Morgan fingerprint density at radius 3 is 2.70 bits per heavy atom. The third kappa shape index (κ3) is 2.07. The molecule has 0 radical (unpaired) electrons. The Morgan fingerprint density at radius 1 is 1.40 bits per heavy atom. The molecular weight excluding hydrogens is 256 g/mol. The summed E-state index contributed by atoms with van der Waals surface area (Å²) in [6, 6.07) is 5.70. The zero-order valence-electron chi connectivity index (χ0n) is 11.8. The van der Waals surface area contributed by atoms with Crippen LogP contribution in [-0.2, 0) is 9.53 Å². The zero-order valence-corrected chi connectivity index (χ0v) is 11.8. The van der Waals surface area contributed by atoms with Crippen molar-refractivity contribution in [1.82, 2.24) is 0 Å². The third-order valence-corrected chi connectivity index (χ3v) is 4.30. The molecule has 1 saturated heterocycles. The summed E-state index contributed by atoms with van der Waals surface area (Å²) in [7, 11) is 1.65. The van der Waals surface area contributed by atoms with Crippen LogP contribution in [-0.4, -0.2) is 32.8 Å². The normalized spacial score (nSPS) is 27.1. The number of carbonyl (C=O) groups excluding carboxylic acids is 1. The zero-order chi connectivity index (χ0) is 14.3. The molecule has 1 aliphatic carbocycles. The molecule has 2 fully saturated rings. The van der Waals surface area contributed by atoms with Crippen LogP contribution in [0.3, 0.4) is 0 Å². The maximum Gasteiger partial charge on any atom is 0.309 e. The molecule has 0 amide bonds. The van der Waals surface area contributed by atoms with Crippen LogP contribution in [0.4, 0.5) is 11.4 Å². The number of anilines is 2. The van der Waals surface area contributed by atoms with Crippen LogP contribution in [0.5, 0.6) is 5.75 Å². The van der Waals surface area contributed by atoms with Crippen LogP contribution in [0.1, 0.15) is 6.92 Å². The molecule has 1 aromatic carbocycles. The summed E-state index contributed by atoms with van der Waals surface area (Å²) in [6.07, 6.45) is 0. The summed E-state index contributed by atoms with van der Waals surface area (Å²) in [4.78, 5) is 14.0. The van der Waals surface area contributed by atoms with E-state index in [9.17, 15) is 4.79 Å². The van der Waals surface area contributed by atoms with E-state index in [0.29, 0.717) is 24.1 Å². The fourth-order valence-corrected chi connectivity index (χ4v) is 3.27. The molecule has 2 atom stereocenters. The first-order valence-corrected chi connectivity index (χ1v) is 7.00. The molecule has 5 nitrogen and oxygen atoms in total. The standard InChI is InChI=1S/C15H20N2O3/c1-3-20-15(18)14-10-7-17(8-11(10)14)12-5-4-9(16)6-13(12)19-2/h4-6,10-11,14H,3,7-8,16H2,1-2H3. The maximum absolute atomic E-state index is 11.7. The first kappa shape index (κ1) is 13.1. The minimum atomic E-state index is -0.0357. The first-order valence-electron chi connectivity index (χ1n) is 7.00. The number of carbonyl (C=O) groups is 1.